The van der Waals surface area contributed by atoms with Crippen molar-refractivity contribution in [2.24, 2.45) is 5.92 Å². The van der Waals surface area contributed by atoms with Gasteiger partial charge in [0, 0.05) is 24.7 Å². The summed E-state index contributed by atoms with van der Waals surface area (Å²) in [7, 11) is 0. The van der Waals surface area contributed by atoms with E-state index in [9.17, 15) is 24.5 Å². The summed E-state index contributed by atoms with van der Waals surface area (Å²) >= 11 is 0. The topological polar surface area (TPSA) is 144 Å². The summed E-state index contributed by atoms with van der Waals surface area (Å²) in [5, 5.41) is 11.1. The molecule has 0 spiro atoms. The average Bonchev–Trinajstić information content (AvgIpc) is 3.17. The zero-order valence-electron chi connectivity index (χ0n) is 21.2. The molecule has 0 bridgehead atoms. The normalized spacial score (nSPS) is 21.2. The third-order valence-electron chi connectivity index (χ3n) is 6.03. The fourth-order valence-electron chi connectivity index (χ4n) is 4.09. The summed E-state index contributed by atoms with van der Waals surface area (Å²) in [5.41, 5.74) is 0.444. The Hall–Kier alpha value is -3.51. The van der Waals surface area contributed by atoms with E-state index < -0.39 is 46.9 Å². The summed E-state index contributed by atoms with van der Waals surface area (Å²) in [5.74, 6) is -2.30. The highest BCUT2D eigenvalue weighted by Gasteiger charge is 2.43. The van der Waals surface area contributed by atoms with Crippen LogP contribution in [0, 0.1) is 16.0 Å². The highest BCUT2D eigenvalue weighted by atomic mass is 16.8. The van der Waals surface area contributed by atoms with Crippen molar-refractivity contribution >= 4 is 23.7 Å². The van der Waals surface area contributed by atoms with E-state index in [0.717, 1.165) is 0 Å². The Morgan fingerprint density at radius 1 is 1.08 bits per heavy atom. The molecule has 3 rings (SSSR count). The molecule has 12 heteroatoms. The number of likely N-dealkylation sites (tertiary alicyclic amines) is 1. The molecule has 0 saturated carbocycles. The first-order valence-electron chi connectivity index (χ1n) is 12.0. The van der Waals surface area contributed by atoms with Crippen molar-refractivity contribution in [1.29, 1.82) is 0 Å². The lowest BCUT2D eigenvalue weighted by molar-refractivity contribution is -0.385. The Labute approximate surface area is 214 Å². The predicted octanol–water partition coefficient (Wildman–Crippen LogP) is 3.13. The molecule has 2 unspecified atom stereocenters. The first kappa shape index (κ1) is 28.1. The SMILES string of the molecule is C=C(C)C(=O)OCC1OC(C)(C)OC1COC(=O)C1CCN(C(=O)OCc2ccccc2[N+](=O)[O-])CC1. The van der Waals surface area contributed by atoms with E-state index >= 15 is 0 Å². The number of nitrogens with zero attached hydrogens (tertiary/aromatic N) is 2. The van der Waals surface area contributed by atoms with Gasteiger partial charge < -0.3 is 28.6 Å². The first-order chi connectivity index (χ1) is 17.5. The Balaban J connectivity index is 1.43. The van der Waals surface area contributed by atoms with E-state index in [4.69, 9.17) is 23.7 Å². The van der Waals surface area contributed by atoms with Crippen LogP contribution in [0.25, 0.3) is 0 Å². The number of nitro benzene ring substituents is 1. The molecule has 2 fully saturated rings. The van der Waals surface area contributed by atoms with E-state index in [1.54, 1.807) is 26.0 Å². The molecule has 1 amide bonds. The zero-order valence-corrected chi connectivity index (χ0v) is 21.2. The summed E-state index contributed by atoms with van der Waals surface area (Å²) in [6.45, 7) is 8.71. The van der Waals surface area contributed by atoms with Crippen LogP contribution in [0.3, 0.4) is 0 Å². The molecule has 0 N–H and O–H groups in total. The van der Waals surface area contributed by atoms with Gasteiger partial charge in [0.25, 0.3) is 5.69 Å². The van der Waals surface area contributed by atoms with Gasteiger partial charge in [0.05, 0.1) is 16.4 Å². The number of ether oxygens (including phenoxy) is 5. The van der Waals surface area contributed by atoms with Gasteiger partial charge in [-0.25, -0.2) is 9.59 Å². The Kier molecular flexibility index (Phi) is 9.22. The lowest BCUT2D eigenvalue weighted by atomic mass is 9.97. The van der Waals surface area contributed by atoms with Crippen molar-refractivity contribution in [3.05, 3.63) is 52.1 Å². The maximum absolute atomic E-state index is 12.7. The van der Waals surface area contributed by atoms with Gasteiger partial charge in [-0.1, -0.05) is 18.7 Å². The molecule has 2 aliphatic heterocycles. The number of esters is 2. The fourth-order valence-corrected chi connectivity index (χ4v) is 4.09. The van der Waals surface area contributed by atoms with Crippen LogP contribution in [0.5, 0.6) is 0 Å². The van der Waals surface area contributed by atoms with Crippen molar-refractivity contribution in [2.75, 3.05) is 26.3 Å². The molecule has 2 atom stereocenters. The molecule has 2 saturated heterocycles. The molecule has 0 aromatic heterocycles. The number of rotatable bonds is 9. The monoisotopic (exact) mass is 520 g/mol. The van der Waals surface area contributed by atoms with Crippen molar-refractivity contribution in [3.63, 3.8) is 0 Å². The van der Waals surface area contributed by atoms with Crippen LogP contribution in [-0.4, -0.2) is 72.2 Å². The van der Waals surface area contributed by atoms with Crippen molar-refractivity contribution < 1.29 is 43.0 Å². The average molecular weight is 521 g/mol. The van der Waals surface area contributed by atoms with Gasteiger partial charge in [-0.3, -0.25) is 14.9 Å². The largest absolute Gasteiger partial charge is 0.463 e. The van der Waals surface area contributed by atoms with Crippen LogP contribution < -0.4 is 0 Å². The standard InChI is InChI=1S/C25H32N2O10/c1-16(2)22(28)33-14-20-21(37-25(3,4)36-20)15-34-23(29)17-9-11-26(12-10-17)24(30)35-13-18-7-5-6-8-19(18)27(31)32/h5-8,17,20-21H,1,9-15H2,2-4H3. The van der Waals surface area contributed by atoms with Crippen LogP contribution >= 0.6 is 0 Å². The maximum atomic E-state index is 12.7. The summed E-state index contributed by atoms with van der Waals surface area (Å²) in [6, 6.07) is 6.05. The third kappa shape index (κ3) is 7.73. The minimum Gasteiger partial charge on any atom is -0.463 e. The fraction of sp³-hybridized carbons (Fsp3) is 0.560. The molecule has 202 valence electrons. The molecule has 1 aromatic rings. The molecular formula is C25H32N2O10. The summed E-state index contributed by atoms with van der Waals surface area (Å²) in [6.07, 6.45) is -1.06. The highest BCUT2D eigenvalue weighted by Crippen LogP contribution is 2.29. The zero-order chi connectivity index (χ0) is 27.2. The Morgan fingerprint density at radius 3 is 2.27 bits per heavy atom. The van der Waals surface area contributed by atoms with Gasteiger partial charge in [-0.2, -0.15) is 0 Å². The van der Waals surface area contributed by atoms with Gasteiger partial charge in [0.1, 0.15) is 32.0 Å². The van der Waals surface area contributed by atoms with Crippen LogP contribution in [0.1, 0.15) is 39.2 Å². The van der Waals surface area contributed by atoms with Gasteiger partial charge in [-0.05, 0) is 39.7 Å². The lowest BCUT2D eigenvalue weighted by Crippen LogP contribution is -2.41. The number of amides is 1. The molecule has 37 heavy (non-hydrogen) atoms. The summed E-state index contributed by atoms with van der Waals surface area (Å²) in [4.78, 5) is 48.8. The number of carbonyl (C=O) groups excluding carboxylic acids is 3. The number of para-hydroxylation sites is 1. The van der Waals surface area contributed by atoms with Crippen molar-refractivity contribution in [2.45, 2.75) is 58.2 Å². The van der Waals surface area contributed by atoms with Gasteiger partial charge >= 0.3 is 18.0 Å². The van der Waals surface area contributed by atoms with Gasteiger partial charge in [-0.15, -0.1) is 0 Å². The summed E-state index contributed by atoms with van der Waals surface area (Å²) < 4.78 is 27.5. The van der Waals surface area contributed by atoms with E-state index in [-0.39, 0.29) is 44.2 Å². The number of benzene rings is 1. The quantitative estimate of drug-likeness (QED) is 0.157. The minimum atomic E-state index is -0.927. The van der Waals surface area contributed by atoms with Crippen molar-refractivity contribution in [1.82, 2.24) is 4.90 Å². The van der Waals surface area contributed by atoms with Crippen LogP contribution in [-0.2, 0) is 39.9 Å². The van der Waals surface area contributed by atoms with E-state index in [0.29, 0.717) is 18.4 Å². The van der Waals surface area contributed by atoms with Gasteiger partial charge in [0.2, 0.25) is 0 Å². The predicted molar refractivity (Wildman–Crippen MR) is 128 cm³/mol. The van der Waals surface area contributed by atoms with Crippen molar-refractivity contribution in [3.8, 4) is 0 Å². The smallest absolute Gasteiger partial charge is 0.410 e. The van der Waals surface area contributed by atoms with E-state index in [1.807, 2.05) is 0 Å². The van der Waals surface area contributed by atoms with E-state index in [2.05, 4.69) is 6.58 Å². The second-order valence-electron chi connectivity index (χ2n) is 9.42. The third-order valence-corrected chi connectivity index (χ3v) is 6.03. The molecule has 2 aliphatic rings. The number of hydrogen-bond acceptors (Lipinski definition) is 10. The Bertz CT molecular complexity index is 1030. The number of carbonyl (C=O) groups is 3. The van der Waals surface area contributed by atoms with Crippen LogP contribution in [0.4, 0.5) is 10.5 Å². The molecule has 0 aliphatic carbocycles. The second-order valence-corrected chi connectivity index (χ2v) is 9.42. The highest BCUT2D eigenvalue weighted by molar-refractivity contribution is 5.86. The molecule has 2 heterocycles. The minimum absolute atomic E-state index is 0.0655. The molecule has 12 nitrogen and oxygen atoms in total. The van der Waals surface area contributed by atoms with Gasteiger partial charge in [0.15, 0.2) is 5.79 Å². The van der Waals surface area contributed by atoms with Crippen LogP contribution in [0.15, 0.2) is 36.4 Å². The lowest BCUT2D eigenvalue weighted by Gasteiger charge is -2.30. The maximum Gasteiger partial charge on any atom is 0.410 e. The number of hydrogen-bond donors (Lipinski definition) is 0. The molecule has 0 radical (unpaired) electrons. The molecular weight excluding hydrogens is 488 g/mol. The molecule has 1 aromatic carbocycles. The van der Waals surface area contributed by atoms with Crippen LogP contribution in [0.2, 0.25) is 0 Å². The van der Waals surface area contributed by atoms with E-state index in [1.165, 1.54) is 24.0 Å². The Morgan fingerprint density at radius 2 is 1.68 bits per heavy atom. The number of piperidine rings is 1. The number of nitro groups is 1. The first-order valence-corrected chi connectivity index (χ1v) is 12.0. The second kappa shape index (κ2) is 12.2.